The van der Waals surface area contributed by atoms with Gasteiger partial charge in [0.25, 0.3) is 0 Å². The summed E-state index contributed by atoms with van der Waals surface area (Å²) < 4.78 is 0. The summed E-state index contributed by atoms with van der Waals surface area (Å²) in [5.41, 5.74) is 5.64. The summed E-state index contributed by atoms with van der Waals surface area (Å²) in [5, 5.41) is 2.88. The van der Waals surface area contributed by atoms with Crippen LogP contribution in [0.15, 0.2) is 12.2 Å². The first-order valence-electron chi connectivity index (χ1n) is 5.65. The molecule has 15 heavy (non-hydrogen) atoms. The second-order valence-corrected chi connectivity index (χ2v) is 3.84. The first kappa shape index (κ1) is 12.2. The van der Waals surface area contributed by atoms with Gasteiger partial charge in [-0.05, 0) is 12.8 Å². The number of hydrogen-bond acceptors (Lipinski definition) is 3. The zero-order valence-corrected chi connectivity index (χ0v) is 9.41. The van der Waals surface area contributed by atoms with Crippen molar-refractivity contribution in [3.05, 3.63) is 12.2 Å². The summed E-state index contributed by atoms with van der Waals surface area (Å²) in [6.07, 6.45) is 6.22. The number of nitrogens with zero attached hydrogens (tertiary/aromatic N) is 1. The van der Waals surface area contributed by atoms with E-state index < -0.39 is 0 Å². The summed E-state index contributed by atoms with van der Waals surface area (Å²) in [7, 11) is 0. The number of nitrogens with two attached hydrogens (primary N) is 1. The number of carbonyl (C=O) groups is 1. The summed E-state index contributed by atoms with van der Waals surface area (Å²) in [6.45, 7) is 4.78. The van der Waals surface area contributed by atoms with Crippen LogP contribution in [0.5, 0.6) is 0 Å². The highest BCUT2D eigenvalue weighted by atomic mass is 16.2. The molecule has 0 bridgehead atoms. The Morgan fingerprint density at radius 1 is 1.67 bits per heavy atom. The van der Waals surface area contributed by atoms with Crippen molar-refractivity contribution in [1.29, 1.82) is 0 Å². The molecule has 1 amide bonds. The van der Waals surface area contributed by atoms with Crippen LogP contribution in [0.3, 0.4) is 0 Å². The van der Waals surface area contributed by atoms with Gasteiger partial charge >= 0.3 is 0 Å². The van der Waals surface area contributed by atoms with Crippen LogP contribution in [0.4, 0.5) is 0 Å². The van der Waals surface area contributed by atoms with Gasteiger partial charge in [-0.1, -0.05) is 19.1 Å². The lowest BCUT2D eigenvalue weighted by Crippen LogP contribution is -2.47. The number of carbonyl (C=O) groups excluding carboxylic acids is 1. The minimum Gasteiger partial charge on any atom is -0.355 e. The van der Waals surface area contributed by atoms with Crippen LogP contribution in [0.1, 0.15) is 19.8 Å². The molecular weight excluding hydrogens is 190 g/mol. The zero-order chi connectivity index (χ0) is 11.1. The fourth-order valence-corrected chi connectivity index (χ4v) is 1.71. The van der Waals surface area contributed by atoms with Crippen molar-refractivity contribution in [3.8, 4) is 0 Å². The second-order valence-electron chi connectivity index (χ2n) is 3.84. The minimum absolute atomic E-state index is 0.102. The highest BCUT2D eigenvalue weighted by molar-refractivity contribution is 5.78. The van der Waals surface area contributed by atoms with E-state index in [2.05, 4.69) is 22.4 Å². The van der Waals surface area contributed by atoms with E-state index >= 15 is 0 Å². The Morgan fingerprint density at radius 3 is 3.13 bits per heavy atom. The van der Waals surface area contributed by atoms with Gasteiger partial charge in [-0.3, -0.25) is 9.69 Å². The lowest BCUT2D eigenvalue weighted by atomic mass is 10.1. The van der Waals surface area contributed by atoms with Crippen molar-refractivity contribution >= 4 is 5.91 Å². The van der Waals surface area contributed by atoms with Crippen molar-refractivity contribution in [2.45, 2.75) is 25.8 Å². The molecule has 0 aromatic heterocycles. The van der Waals surface area contributed by atoms with Gasteiger partial charge in [-0.25, -0.2) is 0 Å². The molecule has 1 rings (SSSR count). The molecule has 86 valence electrons. The van der Waals surface area contributed by atoms with Crippen molar-refractivity contribution in [2.24, 2.45) is 5.73 Å². The Bertz CT molecular complexity index is 228. The molecule has 1 atom stereocenters. The van der Waals surface area contributed by atoms with E-state index in [1.165, 1.54) is 0 Å². The van der Waals surface area contributed by atoms with Crippen LogP contribution in [-0.2, 0) is 4.79 Å². The van der Waals surface area contributed by atoms with Crippen molar-refractivity contribution in [1.82, 2.24) is 10.2 Å². The van der Waals surface area contributed by atoms with Gasteiger partial charge < -0.3 is 11.1 Å². The van der Waals surface area contributed by atoms with E-state index in [-0.39, 0.29) is 11.9 Å². The van der Waals surface area contributed by atoms with Crippen molar-refractivity contribution < 1.29 is 4.79 Å². The highest BCUT2D eigenvalue weighted by Gasteiger charge is 2.19. The van der Waals surface area contributed by atoms with E-state index in [0.29, 0.717) is 13.1 Å². The molecule has 0 aromatic rings. The molecular formula is C11H21N3O. The van der Waals surface area contributed by atoms with Crippen LogP contribution >= 0.6 is 0 Å². The third-order valence-electron chi connectivity index (χ3n) is 2.57. The molecule has 3 N–H and O–H groups in total. The summed E-state index contributed by atoms with van der Waals surface area (Å²) in [4.78, 5) is 13.6. The van der Waals surface area contributed by atoms with Gasteiger partial charge in [0.05, 0.1) is 6.54 Å². The largest absolute Gasteiger partial charge is 0.355 e. The van der Waals surface area contributed by atoms with E-state index in [0.717, 1.165) is 25.9 Å². The van der Waals surface area contributed by atoms with Crippen LogP contribution in [0.2, 0.25) is 0 Å². The lowest BCUT2D eigenvalue weighted by Gasteiger charge is -2.30. The molecule has 4 heteroatoms. The van der Waals surface area contributed by atoms with Crippen LogP contribution < -0.4 is 11.1 Å². The predicted molar refractivity (Wildman–Crippen MR) is 61.5 cm³/mol. The second kappa shape index (κ2) is 6.58. The van der Waals surface area contributed by atoms with Crippen LogP contribution in [0, 0.1) is 0 Å². The average molecular weight is 211 g/mol. The number of nitrogens with one attached hydrogen (secondary N) is 1. The van der Waals surface area contributed by atoms with E-state index in [4.69, 9.17) is 5.73 Å². The maximum atomic E-state index is 11.5. The third-order valence-corrected chi connectivity index (χ3v) is 2.57. The fraction of sp³-hybridized carbons (Fsp3) is 0.727. The highest BCUT2D eigenvalue weighted by Crippen LogP contribution is 2.08. The molecule has 1 heterocycles. The smallest absolute Gasteiger partial charge is 0.234 e. The molecule has 4 nitrogen and oxygen atoms in total. The van der Waals surface area contributed by atoms with E-state index in [1.54, 1.807) is 0 Å². The van der Waals surface area contributed by atoms with Crippen molar-refractivity contribution in [2.75, 3.05) is 26.2 Å². The molecule has 0 radical (unpaired) electrons. The van der Waals surface area contributed by atoms with Crippen LogP contribution in [-0.4, -0.2) is 43.0 Å². The molecule has 0 saturated carbocycles. The number of amides is 1. The molecule has 0 aliphatic carbocycles. The molecule has 1 aliphatic rings. The van der Waals surface area contributed by atoms with Gasteiger partial charge in [0.15, 0.2) is 0 Å². The monoisotopic (exact) mass is 211 g/mol. The van der Waals surface area contributed by atoms with Crippen LogP contribution in [0.25, 0.3) is 0 Å². The number of hydrogen-bond donors (Lipinski definition) is 2. The van der Waals surface area contributed by atoms with Gasteiger partial charge in [0.2, 0.25) is 5.91 Å². The maximum absolute atomic E-state index is 11.5. The lowest BCUT2D eigenvalue weighted by molar-refractivity contribution is -0.122. The molecule has 0 fully saturated rings. The Morgan fingerprint density at radius 2 is 2.47 bits per heavy atom. The topological polar surface area (TPSA) is 58.4 Å². The Labute approximate surface area is 91.5 Å². The Balaban J connectivity index is 2.35. The van der Waals surface area contributed by atoms with Gasteiger partial charge in [0.1, 0.15) is 0 Å². The quantitative estimate of drug-likeness (QED) is 0.634. The molecule has 1 unspecified atom stereocenters. The summed E-state index contributed by atoms with van der Waals surface area (Å²) in [6, 6.07) is 0.228. The normalized spacial score (nSPS) is 21.6. The summed E-state index contributed by atoms with van der Waals surface area (Å²) in [5.74, 6) is 0.102. The standard InChI is InChI=1S/C11H21N3O/c1-2-6-13-11(15)9-14-7-4-3-5-10(14)8-12/h3,5,10H,2,4,6-9,12H2,1H3,(H,13,15). The molecule has 0 spiro atoms. The van der Waals surface area contributed by atoms with Gasteiger partial charge in [0, 0.05) is 25.7 Å². The predicted octanol–water partition coefficient (Wildman–Crippen LogP) is 0.102. The summed E-state index contributed by atoms with van der Waals surface area (Å²) >= 11 is 0. The third kappa shape index (κ3) is 4.01. The first-order chi connectivity index (χ1) is 7.27. The first-order valence-corrected chi connectivity index (χ1v) is 5.65. The Hall–Kier alpha value is -0.870. The van der Waals surface area contributed by atoms with E-state index in [9.17, 15) is 4.79 Å². The fourth-order valence-electron chi connectivity index (χ4n) is 1.71. The number of rotatable bonds is 5. The van der Waals surface area contributed by atoms with Gasteiger partial charge in [-0.15, -0.1) is 0 Å². The van der Waals surface area contributed by atoms with E-state index in [1.807, 2.05) is 6.92 Å². The van der Waals surface area contributed by atoms with Gasteiger partial charge in [-0.2, -0.15) is 0 Å². The SMILES string of the molecule is CCCNC(=O)CN1CCC=CC1CN. The Kier molecular flexibility index (Phi) is 5.36. The average Bonchev–Trinajstić information content (AvgIpc) is 2.27. The molecule has 0 saturated heterocycles. The zero-order valence-electron chi connectivity index (χ0n) is 9.41. The molecule has 1 aliphatic heterocycles. The van der Waals surface area contributed by atoms with Crippen molar-refractivity contribution in [3.63, 3.8) is 0 Å². The minimum atomic E-state index is 0.102. The molecule has 0 aromatic carbocycles. The maximum Gasteiger partial charge on any atom is 0.234 e.